The highest BCUT2D eigenvalue weighted by atomic mass is 19.4. The molecule has 1 fully saturated rings. The molecule has 1 aromatic carbocycles. The first-order chi connectivity index (χ1) is 9.85. The summed E-state index contributed by atoms with van der Waals surface area (Å²) in [6.45, 7) is 0. The van der Waals surface area contributed by atoms with Crippen molar-refractivity contribution in [2.24, 2.45) is 0 Å². The molecule has 2 rings (SSSR count). The third-order valence-corrected chi connectivity index (χ3v) is 3.49. The molecule has 1 aliphatic rings. The van der Waals surface area contributed by atoms with Gasteiger partial charge in [-0.15, -0.1) is 0 Å². The zero-order valence-corrected chi connectivity index (χ0v) is 11.1. The lowest BCUT2D eigenvalue weighted by Crippen LogP contribution is -2.47. The lowest BCUT2D eigenvalue weighted by molar-refractivity contribution is -0.137. The molecule has 112 valence electrons. The number of alkyl halides is 3. The van der Waals surface area contributed by atoms with Gasteiger partial charge in [0.25, 0.3) is 0 Å². The molecule has 0 spiro atoms. The number of amides is 2. The van der Waals surface area contributed by atoms with Crippen LogP contribution in [0.25, 0.3) is 0 Å². The molecular formula is C14H14F3N3O. The van der Waals surface area contributed by atoms with Crippen LogP contribution >= 0.6 is 0 Å². The van der Waals surface area contributed by atoms with Crippen molar-refractivity contribution in [1.29, 1.82) is 5.26 Å². The molecule has 0 aliphatic heterocycles. The maximum atomic E-state index is 12.4. The predicted octanol–water partition coefficient (Wildman–Crippen LogP) is 3.66. The predicted molar refractivity (Wildman–Crippen MR) is 70.4 cm³/mol. The summed E-state index contributed by atoms with van der Waals surface area (Å²) >= 11 is 0. The van der Waals surface area contributed by atoms with Crippen LogP contribution in [0.2, 0.25) is 0 Å². The van der Waals surface area contributed by atoms with E-state index in [1.807, 2.05) is 0 Å². The zero-order valence-electron chi connectivity index (χ0n) is 11.1. The smallest absolute Gasteiger partial charge is 0.319 e. The number of nitriles is 1. The summed E-state index contributed by atoms with van der Waals surface area (Å²) in [6, 6.07) is 5.66. The zero-order chi connectivity index (χ0) is 15.5. The number of nitrogens with zero attached hydrogens (tertiary/aromatic N) is 1. The number of halogens is 3. The number of carbonyl (C=O) groups excluding carboxylic acids is 1. The number of urea groups is 1. The molecule has 0 saturated heterocycles. The fourth-order valence-electron chi connectivity index (χ4n) is 2.37. The van der Waals surface area contributed by atoms with Gasteiger partial charge in [-0.2, -0.15) is 18.4 Å². The first-order valence-electron chi connectivity index (χ1n) is 6.52. The second-order valence-electron chi connectivity index (χ2n) is 5.06. The van der Waals surface area contributed by atoms with Crippen LogP contribution in [0.5, 0.6) is 0 Å². The fraction of sp³-hybridized carbons (Fsp3) is 0.429. The van der Waals surface area contributed by atoms with Crippen molar-refractivity contribution in [2.75, 3.05) is 5.32 Å². The summed E-state index contributed by atoms with van der Waals surface area (Å²) in [4.78, 5) is 11.8. The van der Waals surface area contributed by atoms with E-state index >= 15 is 0 Å². The Balaban J connectivity index is 1.99. The number of benzene rings is 1. The van der Waals surface area contributed by atoms with Crippen molar-refractivity contribution in [1.82, 2.24) is 5.32 Å². The van der Waals surface area contributed by atoms with Gasteiger partial charge < -0.3 is 10.6 Å². The summed E-state index contributed by atoms with van der Waals surface area (Å²) in [7, 11) is 0. The molecule has 0 unspecified atom stereocenters. The maximum absolute atomic E-state index is 12.4. The normalized spacial score (nSPS) is 17.0. The SMILES string of the molecule is N#CC1(NC(=O)Nc2ccc(C(F)(F)F)cc2)CCCC1. The van der Waals surface area contributed by atoms with E-state index in [0.717, 1.165) is 25.0 Å². The second-order valence-corrected chi connectivity index (χ2v) is 5.06. The summed E-state index contributed by atoms with van der Waals surface area (Å²) < 4.78 is 37.2. The van der Waals surface area contributed by atoms with Gasteiger partial charge in [0.1, 0.15) is 5.54 Å². The van der Waals surface area contributed by atoms with Gasteiger partial charge in [-0.3, -0.25) is 0 Å². The van der Waals surface area contributed by atoms with Crippen LogP contribution in [0.4, 0.5) is 23.7 Å². The lowest BCUT2D eigenvalue weighted by Gasteiger charge is -2.22. The van der Waals surface area contributed by atoms with Crippen molar-refractivity contribution in [3.63, 3.8) is 0 Å². The summed E-state index contributed by atoms with van der Waals surface area (Å²) in [5.41, 5.74) is -1.40. The van der Waals surface area contributed by atoms with Gasteiger partial charge in [0.2, 0.25) is 0 Å². The third-order valence-electron chi connectivity index (χ3n) is 3.49. The molecular weight excluding hydrogens is 283 g/mol. The molecule has 1 saturated carbocycles. The Bertz CT molecular complexity index is 554. The highest BCUT2D eigenvalue weighted by molar-refractivity contribution is 5.90. The van der Waals surface area contributed by atoms with E-state index in [9.17, 15) is 18.0 Å². The van der Waals surface area contributed by atoms with Gasteiger partial charge in [0.05, 0.1) is 11.6 Å². The van der Waals surface area contributed by atoms with Crippen LogP contribution in [-0.2, 0) is 6.18 Å². The molecule has 0 heterocycles. The molecule has 4 nitrogen and oxygen atoms in total. The van der Waals surface area contributed by atoms with Crippen molar-refractivity contribution in [3.05, 3.63) is 29.8 Å². The molecule has 21 heavy (non-hydrogen) atoms. The topological polar surface area (TPSA) is 64.9 Å². The number of hydrogen-bond acceptors (Lipinski definition) is 2. The van der Waals surface area contributed by atoms with E-state index in [1.54, 1.807) is 0 Å². The summed E-state index contributed by atoms with van der Waals surface area (Å²) in [5, 5.41) is 14.2. The Morgan fingerprint density at radius 2 is 1.76 bits per heavy atom. The molecule has 0 bridgehead atoms. The molecule has 1 aliphatic carbocycles. The van der Waals surface area contributed by atoms with E-state index in [2.05, 4.69) is 16.7 Å². The van der Waals surface area contributed by atoms with E-state index in [1.165, 1.54) is 12.1 Å². The van der Waals surface area contributed by atoms with Crippen molar-refractivity contribution in [3.8, 4) is 6.07 Å². The molecule has 2 N–H and O–H groups in total. The maximum Gasteiger partial charge on any atom is 0.416 e. The van der Waals surface area contributed by atoms with Crippen molar-refractivity contribution >= 4 is 11.7 Å². The van der Waals surface area contributed by atoms with Crippen molar-refractivity contribution in [2.45, 2.75) is 37.4 Å². The van der Waals surface area contributed by atoms with Crippen LogP contribution in [0.15, 0.2) is 24.3 Å². The van der Waals surface area contributed by atoms with E-state index in [0.29, 0.717) is 12.8 Å². The van der Waals surface area contributed by atoms with Gasteiger partial charge in [0.15, 0.2) is 0 Å². The quantitative estimate of drug-likeness (QED) is 0.875. The van der Waals surface area contributed by atoms with Gasteiger partial charge in [-0.1, -0.05) is 0 Å². The van der Waals surface area contributed by atoms with Crippen molar-refractivity contribution < 1.29 is 18.0 Å². The number of carbonyl (C=O) groups is 1. The van der Waals surface area contributed by atoms with E-state index in [4.69, 9.17) is 5.26 Å². The molecule has 0 atom stereocenters. The summed E-state index contributed by atoms with van der Waals surface area (Å²) in [5.74, 6) is 0. The molecule has 1 aromatic rings. The molecule has 0 radical (unpaired) electrons. The number of rotatable bonds is 2. The Morgan fingerprint density at radius 1 is 1.19 bits per heavy atom. The van der Waals surface area contributed by atoms with Gasteiger partial charge in [0, 0.05) is 5.69 Å². The minimum absolute atomic E-state index is 0.242. The first-order valence-corrected chi connectivity index (χ1v) is 6.52. The van der Waals surface area contributed by atoms with Crippen LogP contribution in [-0.4, -0.2) is 11.6 Å². The molecule has 2 amide bonds. The van der Waals surface area contributed by atoms with Crippen LogP contribution in [0.3, 0.4) is 0 Å². The first kappa shape index (κ1) is 15.2. The van der Waals surface area contributed by atoms with Crippen LogP contribution in [0, 0.1) is 11.3 Å². The highest BCUT2D eigenvalue weighted by Crippen LogP contribution is 2.30. The minimum atomic E-state index is -4.41. The van der Waals surface area contributed by atoms with Gasteiger partial charge >= 0.3 is 12.2 Å². The van der Waals surface area contributed by atoms with E-state index < -0.39 is 23.3 Å². The fourth-order valence-corrected chi connectivity index (χ4v) is 2.37. The molecule has 0 aromatic heterocycles. The number of anilines is 1. The van der Waals surface area contributed by atoms with Gasteiger partial charge in [-0.25, -0.2) is 4.79 Å². The van der Waals surface area contributed by atoms with Crippen LogP contribution in [0.1, 0.15) is 31.2 Å². The Morgan fingerprint density at radius 3 is 2.24 bits per heavy atom. The second kappa shape index (κ2) is 5.64. The Hall–Kier alpha value is -2.23. The number of hydrogen-bond donors (Lipinski definition) is 2. The van der Waals surface area contributed by atoms with E-state index in [-0.39, 0.29) is 5.69 Å². The Kier molecular flexibility index (Phi) is 4.07. The third kappa shape index (κ3) is 3.66. The van der Waals surface area contributed by atoms with Gasteiger partial charge in [-0.05, 0) is 49.9 Å². The monoisotopic (exact) mass is 297 g/mol. The standard InChI is InChI=1S/C14H14F3N3O/c15-14(16,17)10-3-5-11(6-4-10)19-12(21)20-13(9-18)7-1-2-8-13/h3-6H,1-2,7-8H2,(H2,19,20,21). The average molecular weight is 297 g/mol. The number of nitrogens with one attached hydrogen (secondary N) is 2. The summed E-state index contributed by atoms with van der Waals surface area (Å²) in [6.07, 6.45) is -1.49. The minimum Gasteiger partial charge on any atom is -0.319 e. The Labute approximate surface area is 119 Å². The highest BCUT2D eigenvalue weighted by Gasteiger charge is 2.35. The largest absolute Gasteiger partial charge is 0.416 e. The molecule has 7 heteroatoms. The lowest BCUT2D eigenvalue weighted by atomic mass is 10.0. The van der Waals surface area contributed by atoms with Crippen LogP contribution < -0.4 is 10.6 Å². The average Bonchev–Trinajstić information content (AvgIpc) is 2.87.